The molecule has 0 saturated carbocycles. The first-order chi connectivity index (χ1) is 9.40. The second-order valence-corrected chi connectivity index (χ2v) is 6.05. The lowest BCUT2D eigenvalue weighted by Crippen LogP contribution is -2.40. The fourth-order valence-corrected chi connectivity index (χ4v) is 2.92. The molecule has 0 bridgehead atoms. The smallest absolute Gasteiger partial charge is 0.321 e. The molecule has 112 valence electrons. The number of rotatable bonds is 8. The summed E-state index contributed by atoms with van der Waals surface area (Å²) in [6.07, 6.45) is 1.69. The maximum atomic E-state index is 12.1. The normalized spacial score (nSPS) is 12.9. The van der Waals surface area contributed by atoms with Crippen molar-refractivity contribution in [3.05, 3.63) is 24.3 Å². The quantitative estimate of drug-likeness (QED) is 0.761. The molecule has 1 unspecified atom stereocenters. The van der Waals surface area contributed by atoms with Gasteiger partial charge in [0.25, 0.3) is 0 Å². The second-order valence-electron chi connectivity index (χ2n) is 4.33. The molecule has 0 spiro atoms. The Labute approximate surface area is 118 Å². The van der Waals surface area contributed by atoms with Crippen LogP contribution >= 0.6 is 0 Å². The van der Waals surface area contributed by atoms with Crippen LogP contribution in [0.15, 0.2) is 29.2 Å². The Kier molecular flexibility index (Phi) is 5.97. The number of sulfonamides is 1. The summed E-state index contributed by atoms with van der Waals surface area (Å²) in [7, 11) is -2.45. The van der Waals surface area contributed by atoms with E-state index >= 15 is 0 Å². The van der Waals surface area contributed by atoms with Crippen LogP contribution in [-0.2, 0) is 14.8 Å². The second kappa shape index (κ2) is 7.25. The highest BCUT2D eigenvalue weighted by Crippen LogP contribution is 2.17. The molecule has 1 aromatic carbocycles. The summed E-state index contributed by atoms with van der Waals surface area (Å²) in [5.41, 5.74) is 0. The van der Waals surface area contributed by atoms with Gasteiger partial charge in [-0.3, -0.25) is 4.79 Å². The minimum absolute atomic E-state index is 0.0143. The Bertz CT molecular complexity index is 556. The summed E-state index contributed by atoms with van der Waals surface area (Å²) < 4.78 is 31.5. The first-order valence-electron chi connectivity index (χ1n) is 6.30. The minimum atomic E-state index is -3.88. The van der Waals surface area contributed by atoms with Crippen LogP contribution < -0.4 is 9.46 Å². The Morgan fingerprint density at radius 3 is 2.70 bits per heavy atom. The van der Waals surface area contributed by atoms with Crippen molar-refractivity contribution in [2.45, 2.75) is 37.1 Å². The van der Waals surface area contributed by atoms with E-state index in [-0.39, 0.29) is 11.3 Å². The third kappa shape index (κ3) is 4.50. The van der Waals surface area contributed by atoms with Crippen molar-refractivity contribution in [1.29, 1.82) is 0 Å². The Balaban J connectivity index is 2.94. The van der Waals surface area contributed by atoms with Crippen LogP contribution in [0.2, 0.25) is 0 Å². The average Bonchev–Trinajstić information content (AvgIpc) is 2.43. The van der Waals surface area contributed by atoms with Gasteiger partial charge in [0.2, 0.25) is 10.0 Å². The first-order valence-corrected chi connectivity index (χ1v) is 7.78. The third-order valence-electron chi connectivity index (χ3n) is 2.79. The highest BCUT2D eigenvalue weighted by molar-refractivity contribution is 7.89. The maximum Gasteiger partial charge on any atom is 0.321 e. The SMILES string of the molecule is CCCCC(NS(=O)(=O)c1cccc(OC)c1)C(=O)O. The van der Waals surface area contributed by atoms with Gasteiger partial charge in [0.15, 0.2) is 0 Å². The predicted molar refractivity (Wildman–Crippen MR) is 74.3 cm³/mol. The van der Waals surface area contributed by atoms with Gasteiger partial charge >= 0.3 is 5.97 Å². The van der Waals surface area contributed by atoms with Crippen molar-refractivity contribution in [1.82, 2.24) is 4.72 Å². The van der Waals surface area contributed by atoms with E-state index in [1.54, 1.807) is 6.07 Å². The number of aliphatic carboxylic acids is 1. The van der Waals surface area contributed by atoms with Crippen molar-refractivity contribution in [2.24, 2.45) is 0 Å². The van der Waals surface area contributed by atoms with Crippen LogP contribution in [0.1, 0.15) is 26.2 Å². The third-order valence-corrected chi connectivity index (χ3v) is 4.26. The lowest BCUT2D eigenvalue weighted by molar-refractivity contribution is -0.139. The number of carboxylic acid groups (broad SMARTS) is 1. The molecule has 7 heteroatoms. The van der Waals surface area contributed by atoms with Crippen molar-refractivity contribution in [2.75, 3.05) is 7.11 Å². The van der Waals surface area contributed by atoms with Crippen LogP contribution in [0.5, 0.6) is 5.75 Å². The van der Waals surface area contributed by atoms with Crippen LogP contribution in [-0.4, -0.2) is 32.6 Å². The van der Waals surface area contributed by atoms with E-state index in [1.165, 1.54) is 25.3 Å². The van der Waals surface area contributed by atoms with Gasteiger partial charge < -0.3 is 9.84 Å². The van der Waals surface area contributed by atoms with Crippen LogP contribution in [0.25, 0.3) is 0 Å². The topological polar surface area (TPSA) is 92.7 Å². The average molecular weight is 301 g/mol. The molecule has 1 rings (SSSR count). The molecule has 0 aliphatic rings. The molecule has 6 nitrogen and oxygen atoms in total. The largest absolute Gasteiger partial charge is 0.497 e. The van der Waals surface area contributed by atoms with Crippen LogP contribution in [0.3, 0.4) is 0 Å². The van der Waals surface area contributed by atoms with Gasteiger partial charge in [0.05, 0.1) is 12.0 Å². The number of hydrogen-bond donors (Lipinski definition) is 2. The summed E-state index contributed by atoms with van der Waals surface area (Å²) in [6, 6.07) is 4.77. The van der Waals surface area contributed by atoms with E-state index in [0.717, 1.165) is 6.42 Å². The number of carbonyl (C=O) groups is 1. The van der Waals surface area contributed by atoms with Gasteiger partial charge in [-0.2, -0.15) is 4.72 Å². The molecular formula is C13H19NO5S. The number of carboxylic acids is 1. The summed E-state index contributed by atoms with van der Waals surface area (Å²) >= 11 is 0. The van der Waals surface area contributed by atoms with E-state index in [4.69, 9.17) is 9.84 Å². The number of nitrogens with one attached hydrogen (secondary N) is 1. The maximum absolute atomic E-state index is 12.1. The Morgan fingerprint density at radius 1 is 1.45 bits per heavy atom. The molecule has 0 heterocycles. The zero-order chi connectivity index (χ0) is 15.2. The summed E-state index contributed by atoms with van der Waals surface area (Å²) in [5, 5.41) is 9.06. The summed E-state index contributed by atoms with van der Waals surface area (Å²) in [4.78, 5) is 11.1. The predicted octanol–water partition coefficient (Wildman–Crippen LogP) is 1.62. The molecule has 0 amide bonds. The number of methoxy groups -OCH3 is 1. The van der Waals surface area contributed by atoms with Crippen LogP contribution in [0.4, 0.5) is 0 Å². The molecule has 0 radical (unpaired) electrons. The van der Waals surface area contributed by atoms with E-state index < -0.39 is 22.0 Å². The lowest BCUT2D eigenvalue weighted by Gasteiger charge is -2.14. The molecule has 0 aromatic heterocycles. The molecular weight excluding hydrogens is 282 g/mol. The highest BCUT2D eigenvalue weighted by atomic mass is 32.2. The summed E-state index contributed by atoms with van der Waals surface area (Å²) in [6.45, 7) is 1.91. The molecule has 2 N–H and O–H groups in total. The van der Waals surface area contributed by atoms with Crippen LogP contribution in [0, 0.1) is 0 Å². The summed E-state index contributed by atoms with van der Waals surface area (Å²) in [5.74, 6) is -0.779. The number of hydrogen-bond acceptors (Lipinski definition) is 4. The molecule has 20 heavy (non-hydrogen) atoms. The molecule has 1 atom stereocenters. The number of benzene rings is 1. The van der Waals surface area contributed by atoms with Gasteiger partial charge in [-0.1, -0.05) is 25.8 Å². The Morgan fingerprint density at radius 2 is 2.15 bits per heavy atom. The van der Waals surface area contributed by atoms with E-state index in [9.17, 15) is 13.2 Å². The lowest BCUT2D eigenvalue weighted by atomic mass is 10.1. The van der Waals surface area contributed by atoms with Gasteiger partial charge in [-0.05, 0) is 18.6 Å². The molecule has 0 aliphatic heterocycles. The molecule has 1 aromatic rings. The van der Waals surface area contributed by atoms with Crippen molar-refractivity contribution in [3.63, 3.8) is 0 Å². The molecule has 0 fully saturated rings. The van der Waals surface area contributed by atoms with Gasteiger partial charge in [-0.25, -0.2) is 8.42 Å². The van der Waals surface area contributed by atoms with Crippen molar-refractivity contribution < 1.29 is 23.1 Å². The van der Waals surface area contributed by atoms with E-state index in [2.05, 4.69) is 4.72 Å². The van der Waals surface area contributed by atoms with Gasteiger partial charge in [-0.15, -0.1) is 0 Å². The van der Waals surface area contributed by atoms with Crippen molar-refractivity contribution in [3.8, 4) is 5.75 Å². The number of unbranched alkanes of at least 4 members (excludes halogenated alkanes) is 1. The van der Waals surface area contributed by atoms with E-state index in [0.29, 0.717) is 12.2 Å². The van der Waals surface area contributed by atoms with E-state index in [1.807, 2.05) is 6.92 Å². The Hall–Kier alpha value is -1.60. The zero-order valence-electron chi connectivity index (χ0n) is 11.5. The minimum Gasteiger partial charge on any atom is -0.497 e. The monoisotopic (exact) mass is 301 g/mol. The van der Waals surface area contributed by atoms with Crippen molar-refractivity contribution >= 4 is 16.0 Å². The van der Waals surface area contributed by atoms with Gasteiger partial charge in [0, 0.05) is 6.07 Å². The fourth-order valence-electron chi connectivity index (χ4n) is 1.66. The number of ether oxygens (including phenoxy) is 1. The first kappa shape index (κ1) is 16.5. The zero-order valence-corrected chi connectivity index (χ0v) is 12.3. The van der Waals surface area contributed by atoms with Gasteiger partial charge in [0.1, 0.15) is 11.8 Å². The molecule has 0 aliphatic carbocycles. The molecule has 0 saturated heterocycles. The highest BCUT2D eigenvalue weighted by Gasteiger charge is 2.25. The standard InChI is InChI=1S/C13H19NO5S/c1-3-4-8-12(13(15)16)14-20(17,18)11-7-5-6-10(9-11)19-2/h5-7,9,12,14H,3-4,8H2,1-2H3,(H,15,16). The fraction of sp³-hybridized carbons (Fsp3) is 0.462.